The maximum Gasteiger partial charge on any atom is 0.416 e. The number of pyridine rings is 1. The quantitative estimate of drug-likeness (QED) is 0.709. The molecular formula is C13H20F3N3S. The Morgan fingerprint density at radius 1 is 1.15 bits per heavy atom. The average Bonchev–Trinajstić information content (AvgIpc) is 2.41. The molecule has 0 unspecified atom stereocenters. The van der Waals surface area contributed by atoms with E-state index in [1.165, 1.54) is 0 Å². The monoisotopic (exact) mass is 307 g/mol. The van der Waals surface area contributed by atoms with Crippen LogP contribution >= 0.6 is 11.8 Å². The van der Waals surface area contributed by atoms with Crippen molar-refractivity contribution >= 4 is 23.4 Å². The van der Waals surface area contributed by atoms with Gasteiger partial charge in [-0.1, -0.05) is 6.42 Å². The summed E-state index contributed by atoms with van der Waals surface area (Å²) in [5, 5.41) is 5.60. The molecule has 0 fully saturated rings. The zero-order valence-electron chi connectivity index (χ0n) is 11.7. The number of thioether (sulfide) groups is 1. The van der Waals surface area contributed by atoms with Gasteiger partial charge < -0.3 is 10.6 Å². The number of nitrogens with zero attached hydrogens (tertiary/aromatic N) is 1. The van der Waals surface area contributed by atoms with Gasteiger partial charge in [0.1, 0.15) is 11.6 Å². The fourth-order valence-corrected chi connectivity index (χ4v) is 2.17. The second-order valence-electron chi connectivity index (χ2n) is 4.35. The summed E-state index contributed by atoms with van der Waals surface area (Å²) in [6.07, 6.45) is 0.813. The first-order valence-corrected chi connectivity index (χ1v) is 7.86. The molecule has 0 radical (unpaired) electrons. The molecule has 7 heteroatoms. The molecule has 1 heterocycles. The van der Waals surface area contributed by atoms with E-state index in [9.17, 15) is 13.2 Å². The Bertz CT molecular complexity index is 410. The van der Waals surface area contributed by atoms with Gasteiger partial charge in [0.25, 0.3) is 0 Å². The standard InChI is InChI=1S/C13H20F3N3S/c1-17-11-8-10(13(14,15)16)9-12(19-11)18-6-4-3-5-7-20-2/h8-9H,3-7H2,1-2H3,(H2,17,18,19). The third kappa shape index (κ3) is 5.90. The van der Waals surface area contributed by atoms with Crippen LogP contribution in [0.3, 0.4) is 0 Å². The summed E-state index contributed by atoms with van der Waals surface area (Å²) in [5.74, 6) is 1.59. The first-order chi connectivity index (χ1) is 9.47. The molecule has 1 aromatic heterocycles. The van der Waals surface area contributed by atoms with Crippen LogP contribution in [0.1, 0.15) is 24.8 Å². The summed E-state index contributed by atoms with van der Waals surface area (Å²) in [4.78, 5) is 4.07. The van der Waals surface area contributed by atoms with E-state index < -0.39 is 11.7 Å². The molecule has 0 atom stereocenters. The van der Waals surface area contributed by atoms with Crippen LogP contribution in [-0.4, -0.2) is 30.6 Å². The van der Waals surface area contributed by atoms with Gasteiger partial charge in [-0.2, -0.15) is 24.9 Å². The molecule has 0 aromatic carbocycles. The van der Waals surface area contributed by atoms with Crippen molar-refractivity contribution in [1.82, 2.24) is 4.98 Å². The van der Waals surface area contributed by atoms with Crippen LogP contribution in [0.2, 0.25) is 0 Å². The molecule has 0 aliphatic carbocycles. The molecular weight excluding hydrogens is 287 g/mol. The lowest BCUT2D eigenvalue weighted by atomic mass is 10.2. The van der Waals surface area contributed by atoms with Gasteiger partial charge in [-0.15, -0.1) is 0 Å². The minimum absolute atomic E-state index is 0.213. The van der Waals surface area contributed by atoms with E-state index in [0.717, 1.165) is 37.1 Å². The summed E-state index contributed by atoms with van der Waals surface area (Å²) in [7, 11) is 1.55. The summed E-state index contributed by atoms with van der Waals surface area (Å²) < 4.78 is 38.2. The minimum Gasteiger partial charge on any atom is -0.373 e. The highest BCUT2D eigenvalue weighted by atomic mass is 32.2. The Morgan fingerprint density at radius 3 is 2.45 bits per heavy atom. The number of halogens is 3. The SMILES string of the molecule is CNc1cc(C(F)(F)F)cc(NCCCCCSC)n1. The first-order valence-electron chi connectivity index (χ1n) is 6.47. The summed E-state index contributed by atoms with van der Waals surface area (Å²) in [5.41, 5.74) is -0.693. The van der Waals surface area contributed by atoms with E-state index in [4.69, 9.17) is 0 Å². The molecule has 0 saturated carbocycles. The van der Waals surface area contributed by atoms with Gasteiger partial charge in [0.05, 0.1) is 5.56 Å². The lowest BCUT2D eigenvalue weighted by Gasteiger charge is -2.12. The highest BCUT2D eigenvalue weighted by molar-refractivity contribution is 7.98. The molecule has 1 aromatic rings. The Balaban J connectivity index is 2.56. The number of hydrogen-bond acceptors (Lipinski definition) is 4. The molecule has 0 spiro atoms. The van der Waals surface area contributed by atoms with Gasteiger partial charge in [0, 0.05) is 13.6 Å². The zero-order chi connectivity index (χ0) is 15.0. The molecule has 0 aliphatic rings. The van der Waals surface area contributed by atoms with Crippen LogP contribution in [0, 0.1) is 0 Å². The third-order valence-corrected chi connectivity index (χ3v) is 3.44. The fourth-order valence-electron chi connectivity index (χ4n) is 1.68. The third-order valence-electron chi connectivity index (χ3n) is 2.74. The molecule has 0 saturated heterocycles. The molecule has 20 heavy (non-hydrogen) atoms. The van der Waals surface area contributed by atoms with Crippen molar-refractivity contribution in [1.29, 1.82) is 0 Å². The Kier molecular flexibility index (Phi) is 6.98. The van der Waals surface area contributed by atoms with Crippen LogP contribution < -0.4 is 10.6 Å². The first kappa shape index (κ1) is 16.9. The highest BCUT2D eigenvalue weighted by Crippen LogP contribution is 2.31. The van der Waals surface area contributed by atoms with E-state index in [1.54, 1.807) is 18.8 Å². The minimum atomic E-state index is -4.36. The topological polar surface area (TPSA) is 37.0 Å². The molecule has 2 N–H and O–H groups in total. The zero-order valence-corrected chi connectivity index (χ0v) is 12.5. The van der Waals surface area contributed by atoms with Crippen LogP contribution in [-0.2, 0) is 6.18 Å². The van der Waals surface area contributed by atoms with E-state index in [1.807, 2.05) is 0 Å². The maximum absolute atomic E-state index is 12.7. The Labute approximate surface area is 121 Å². The summed E-state index contributed by atoms with van der Waals surface area (Å²) in [6, 6.07) is 2.05. The summed E-state index contributed by atoms with van der Waals surface area (Å²) in [6.45, 7) is 0.631. The van der Waals surface area contributed by atoms with Crippen LogP contribution in [0.5, 0.6) is 0 Å². The van der Waals surface area contributed by atoms with Crippen LogP contribution in [0.25, 0.3) is 0 Å². The van der Waals surface area contributed by atoms with Crippen molar-refractivity contribution in [2.75, 3.05) is 36.2 Å². The number of alkyl halides is 3. The predicted molar refractivity (Wildman–Crippen MR) is 79.5 cm³/mol. The fraction of sp³-hybridized carbons (Fsp3) is 0.615. The van der Waals surface area contributed by atoms with Crippen molar-refractivity contribution in [2.45, 2.75) is 25.4 Å². The molecule has 0 amide bonds. The lowest BCUT2D eigenvalue weighted by Crippen LogP contribution is -2.10. The van der Waals surface area contributed by atoms with Gasteiger partial charge in [-0.3, -0.25) is 0 Å². The van der Waals surface area contributed by atoms with Crippen molar-refractivity contribution in [2.24, 2.45) is 0 Å². The Hall–Kier alpha value is -1.11. The van der Waals surface area contributed by atoms with Gasteiger partial charge in [0.15, 0.2) is 0 Å². The van der Waals surface area contributed by atoms with Crippen LogP contribution in [0.15, 0.2) is 12.1 Å². The number of aromatic nitrogens is 1. The number of nitrogens with one attached hydrogen (secondary N) is 2. The normalized spacial score (nSPS) is 11.4. The predicted octanol–water partition coefficient (Wildman–Crippen LogP) is 4.09. The van der Waals surface area contributed by atoms with Gasteiger partial charge in [-0.05, 0) is 37.0 Å². The van der Waals surface area contributed by atoms with E-state index in [2.05, 4.69) is 21.9 Å². The van der Waals surface area contributed by atoms with E-state index in [-0.39, 0.29) is 11.6 Å². The number of rotatable bonds is 8. The molecule has 0 bridgehead atoms. The van der Waals surface area contributed by atoms with Crippen LogP contribution in [0.4, 0.5) is 24.8 Å². The van der Waals surface area contributed by atoms with Crippen molar-refractivity contribution in [3.05, 3.63) is 17.7 Å². The van der Waals surface area contributed by atoms with E-state index in [0.29, 0.717) is 6.54 Å². The molecule has 1 rings (SSSR count). The molecule has 114 valence electrons. The maximum atomic E-state index is 12.7. The summed E-state index contributed by atoms with van der Waals surface area (Å²) >= 11 is 1.80. The smallest absolute Gasteiger partial charge is 0.373 e. The number of unbranched alkanes of at least 4 members (excludes halogenated alkanes) is 2. The lowest BCUT2D eigenvalue weighted by molar-refractivity contribution is -0.137. The van der Waals surface area contributed by atoms with Crippen molar-refractivity contribution < 1.29 is 13.2 Å². The van der Waals surface area contributed by atoms with Crippen molar-refractivity contribution in [3.63, 3.8) is 0 Å². The van der Waals surface area contributed by atoms with Gasteiger partial charge >= 0.3 is 6.18 Å². The highest BCUT2D eigenvalue weighted by Gasteiger charge is 2.31. The van der Waals surface area contributed by atoms with Gasteiger partial charge in [0.2, 0.25) is 0 Å². The van der Waals surface area contributed by atoms with E-state index >= 15 is 0 Å². The Morgan fingerprint density at radius 2 is 1.85 bits per heavy atom. The second-order valence-corrected chi connectivity index (χ2v) is 5.34. The largest absolute Gasteiger partial charge is 0.416 e. The van der Waals surface area contributed by atoms with Gasteiger partial charge in [-0.25, -0.2) is 4.98 Å². The van der Waals surface area contributed by atoms with Crippen molar-refractivity contribution in [3.8, 4) is 0 Å². The number of hydrogen-bond donors (Lipinski definition) is 2. The molecule has 3 nitrogen and oxygen atoms in total. The second kappa shape index (κ2) is 8.24. The molecule has 0 aliphatic heterocycles. The average molecular weight is 307 g/mol. The number of anilines is 2.